The van der Waals surface area contributed by atoms with Crippen molar-refractivity contribution in [3.05, 3.63) is 89.6 Å². The van der Waals surface area contributed by atoms with Crippen molar-refractivity contribution in [2.45, 2.75) is 20.8 Å². The zero-order valence-corrected chi connectivity index (χ0v) is 15.8. The van der Waals surface area contributed by atoms with Crippen molar-refractivity contribution in [1.29, 1.82) is 0 Å². The van der Waals surface area contributed by atoms with Gasteiger partial charge in [0.2, 0.25) is 5.69 Å². The maximum Gasteiger partial charge on any atom is 0.220 e. The second-order valence-electron chi connectivity index (χ2n) is 7.06. The molecule has 4 aromatic rings. The predicted molar refractivity (Wildman–Crippen MR) is 110 cm³/mol. The van der Waals surface area contributed by atoms with Gasteiger partial charge in [0.15, 0.2) is 5.69 Å². The number of benzene rings is 3. The van der Waals surface area contributed by atoms with Gasteiger partial charge in [-0.15, -0.1) is 0 Å². The van der Waals surface area contributed by atoms with Crippen LogP contribution in [0.4, 0.5) is 0 Å². The number of hydrogen-bond donors (Lipinski definition) is 0. The van der Waals surface area contributed by atoms with E-state index in [9.17, 15) is 0 Å². The molecule has 1 heteroatoms. The van der Waals surface area contributed by atoms with Crippen LogP contribution in [0.1, 0.15) is 18.2 Å². The molecule has 0 unspecified atom stereocenters. The van der Waals surface area contributed by atoms with Crippen LogP contribution in [0.15, 0.2) is 72.8 Å². The van der Waals surface area contributed by atoms with Gasteiger partial charge < -0.3 is 0 Å². The Morgan fingerprint density at radius 3 is 2.35 bits per heavy atom. The van der Waals surface area contributed by atoms with Crippen molar-refractivity contribution in [1.82, 2.24) is 0 Å². The molecule has 0 amide bonds. The number of aromatic nitrogens is 1. The van der Waals surface area contributed by atoms with Crippen LogP contribution in [0.2, 0.25) is 0 Å². The second kappa shape index (κ2) is 6.42. The lowest BCUT2D eigenvalue weighted by Crippen LogP contribution is -2.35. The van der Waals surface area contributed by atoms with Crippen molar-refractivity contribution in [3.63, 3.8) is 0 Å². The zero-order chi connectivity index (χ0) is 19.1. The number of pyridine rings is 1. The van der Waals surface area contributed by atoms with Gasteiger partial charge in [0.05, 0.1) is 6.76 Å². The average molecular weight is 339 g/mol. The third-order valence-electron chi connectivity index (χ3n) is 5.18. The molecule has 0 radical (unpaired) electrons. The first-order chi connectivity index (χ1) is 13.0. The molecule has 0 aliphatic heterocycles. The highest BCUT2D eigenvalue weighted by atomic mass is 14.9. The summed E-state index contributed by atoms with van der Waals surface area (Å²) in [6.07, 6.45) is 0. The third-order valence-corrected chi connectivity index (χ3v) is 5.18. The maximum atomic E-state index is 8.72. The van der Waals surface area contributed by atoms with Gasteiger partial charge in [-0.05, 0) is 54.1 Å². The monoisotopic (exact) mass is 339 g/mol. The molecule has 4 rings (SSSR count). The quantitative estimate of drug-likeness (QED) is 0.399. The molecular weight excluding hydrogens is 314 g/mol. The van der Waals surface area contributed by atoms with E-state index in [2.05, 4.69) is 86.1 Å². The molecule has 0 spiro atoms. The SMILES string of the molecule is [2H]c1c(C)[n+](C)c(-c2cc(C)ccc2C)c2ccc(-c3ccccc3)cc12. The number of nitrogens with zero attached hydrogens (tertiary/aromatic N) is 1. The summed E-state index contributed by atoms with van der Waals surface area (Å²) in [5.74, 6) is 0. The molecule has 1 nitrogen and oxygen atoms in total. The first kappa shape index (κ1) is 15.3. The molecule has 1 heterocycles. The minimum Gasteiger partial charge on any atom is -0.198 e. The summed E-state index contributed by atoms with van der Waals surface area (Å²) < 4.78 is 10.9. The van der Waals surface area contributed by atoms with Crippen LogP contribution in [-0.2, 0) is 7.05 Å². The van der Waals surface area contributed by atoms with Crippen LogP contribution in [0, 0.1) is 20.8 Å². The molecule has 128 valence electrons. The van der Waals surface area contributed by atoms with E-state index in [1.807, 2.05) is 13.0 Å². The molecule has 0 N–H and O–H groups in total. The average Bonchev–Trinajstić information content (AvgIpc) is 2.69. The van der Waals surface area contributed by atoms with Crippen molar-refractivity contribution in [2.75, 3.05) is 0 Å². The maximum absolute atomic E-state index is 8.72. The summed E-state index contributed by atoms with van der Waals surface area (Å²) in [5.41, 5.74) is 8.22. The van der Waals surface area contributed by atoms with E-state index in [-0.39, 0.29) is 0 Å². The highest BCUT2D eigenvalue weighted by molar-refractivity contribution is 5.96. The molecule has 26 heavy (non-hydrogen) atoms. The highest BCUT2D eigenvalue weighted by Gasteiger charge is 2.20. The lowest BCUT2D eigenvalue weighted by atomic mass is 9.95. The first-order valence-electron chi connectivity index (χ1n) is 9.53. The van der Waals surface area contributed by atoms with E-state index in [4.69, 9.17) is 1.37 Å². The Kier molecular flexibility index (Phi) is 3.79. The summed E-state index contributed by atoms with van der Waals surface area (Å²) in [4.78, 5) is 0. The van der Waals surface area contributed by atoms with Gasteiger partial charge in [0.25, 0.3) is 0 Å². The van der Waals surface area contributed by atoms with Crippen LogP contribution in [0.25, 0.3) is 33.2 Å². The van der Waals surface area contributed by atoms with Gasteiger partial charge >= 0.3 is 0 Å². The van der Waals surface area contributed by atoms with Crippen LogP contribution < -0.4 is 4.57 Å². The summed E-state index contributed by atoms with van der Waals surface area (Å²) in [6, 6.07) is 24.1. The Morgan fingerprint density at radius 2 is 1.58 bits per heavy atom. The van der Waals surface area contributed by atoms with E-state index >= 15 is 0 Å². The van der Waals surface area contributed by atoms with Gasteiger partial charge in [-0.1, -0.05) is 54.1 Å². The first-order valence-corrected chi connectivity index (χ1v) is 9.03. The van der Waals surface area contributed by atoms with E-state index in [0.29, 0.717) is 6.04 Å². The summed E-state index contributed by atoms with van der Waals surface area (Å²) in [7, 11) is 2.06. The van der Waals surface area contributed by atoms with E-state index in [1.165, 1.54) is 27.9 Å². The Labute approximate surface area is 157 Å². The largest absolute Gasteiger partial charge is 0.220 e. The number of fused-ring (bicyclic) bond motifs is 1. The molecule has 1 aromatic heterocycles. The van der Waals surface area contributed by atoms with Crippen LogP contribution in [0.5, 0.6) is 0 Å². The molecule has 3 aromatic carbocycles. The van der Waals surface area contributed by atoms with E-state index in [0.717, 1.165) is 22.0 Å². The van der Waals surface area contributed by atoms with Gasteiger partial charge in [-0.3, -0.25) is 0 Å². The lowest BCUT2D eigenvalue weighted by Gasteiger charge is -2.12. The molecular formula is C25H24N+. The predicted octanol–water partition coefficient (Wildman–Crippen LogP) is 5.92. The van der Waals surface area contributed by atoms with E-state index in [1.54, 1.807) is 0 Å². The fourth-order valence-corrected chi connectivity index (χ4v) is 3.61. The van der Waals surface area contributed by atoms with Gasteiger partial charge in [0.1, 0.15) is 7.05 Å². The molecule has 0 aliphatic rings. The smallest absolute Gasteiger partial charge is 0.198 e. The summed E-state index contributed by atoms with van der Waals surface area (Å²) in [5, 5.41) is 2.13. The molecule has 0 bridgehead atoms. The number of aryl methyl sites for hydroxylation is 2. The Bertz CT molecular complexity index is 1160. The minimum atomic E-state index is 0.597. The second-order valence-corrected chi connectivity index (χ2v) is 7.06. The Hall–Kier alpha value is -2.93. The number of hydrogen-bond acceptors (Lipinski definition) is 0. The normalized spacial score (nSPS) is 11.6. The van der Waals surface area contributed by atoms with Crippen LogP contribution in [-0.4, -0.2) is 0 Å². The van der Waals surface area contributed by atoms with Gasteiger partial charge in [-0.2, -0.15) is 4.57 Å². The Morgan fingerprint density at radius 1 is 0.808 bits per heavy atom. The summed E-state index contributed by atoms with van der Waals surface area (Å²) in [6.45, 7) is 6.32. The highest BCUT2D eigenvalue weighted by Crippen LogP contribution is 2.32. The van der Waals surface area contributed by atoms with Gasteiger partial charge in [-0.25, -0.2) is 0 Å². The lowest BCUT2D eigenvalue weighted by molar-refractivity contribution is -0.665. The summed E-state index contributed by atoms with van der Waals surface area (Å²) >= 11 is 0. The third kappa shape index (κ3) is 2.80. The Balaban J connectivity index is 2.07. The molecule has 0 fully saturated rings. The van der Waals surface area contributed by atoms with E-state index < -0.39 is 0 Å². The molecule has 0 saturated heterocycles. The van der Waals surface area contributed by atoms with Crippen LogP contribution in [0.3, 0.4) is 0 Å². The standard InChI is InChI=1S/C25H24N/c1-17-10-11-18(2)24(14-17)25-23-13-12-21(20-8-6-5-7-9-20)16-22(23)15-19(3)26(25)4/h5-16H,1-4H3/q+1/i15D. The minimum absolute atomic E-state index is 0.597. The van der Waals surface area contributed by atoms with Crippen molar-refractivity contribution < 1.29 is 5.94 Å². The van der Waals surface area contributed by atoms with Crippen molar-refractivity contribution in [2.24, 2.45) is 7.05 Å². The zero-order valence-electron chi connectivity index (χ0n) is 16.8. The van der Waals surface area contributed by atoms with Crippen molar-refractivity contribution in [3.8, 4) is 22.4 Å². The molecule has 0 saturated carbocycles. The van der Waals surface area contributed by atoms with Crippen LogP contribution >= 0.6 is 0 Å². The molecule has 0 aliphatic carbocycles. The fraction of sp³-hybridized carbons (Fsp3) is 0.160. The van der Waals surface area contributed by atoms with Gasteiger partial charge in [0, 0.05) is 18.5 Å². The number of rotatable bonds is 2. The fourth-order valence-electron chi connectivity index (χ4n) is 3.61. The topological polar surface area (TPSA) is 3.88 Å². The van der Waals surface area contributed by atoms with Crippen molar-refractivity contribution >= 4 is 10.8 Å². The molecule has 0 atom stereocenters.